The van der Waals surface area contributed by atoms with Crippen molar-refractivity contribution in [2.45, 2.75) is 19.9 Å². The number of hydrogen-bond donors (Lipinski definition) is 3. The van der Waals surface area contributed by atoms with Crippen molar-refractivity contribution < 1.29 is 24.4 Å². The maximum atomic E-state index is 12.2. The Morgan fingerprint density at radius 3 is 2.42 bits per heavy atom. The molecule has 1 aromatic carbocycles. The molecule has 1 unspecified atom stereocenters. The Labute approximate surface area is 142 Å². The highest BCUT2D eigenvalue weighted by molar-refractivity contribution is 6.34. The summed E-state index contributed by atoms with van der Waals surface area (Å²) in [6, 6.07) is 2.35. The number of nitrogens with zero attached hydrogens (tertiary/aromatic N) is 1. The lowest BCUT2D eigenvalue weighted by Crippen LogP contribution is -2.50. The number of amides is 2. The molecule has 0 aliphatic carbocycles. The molecular formula is C14H16ClN3O6. The standard InChI is InChI=1S/C14H16ClN3O6/c1-7(2)12(14(22)16-6-11(19)20)17-13(21)9-4-3-8(18(23)24)5-10(9)15/h3-5,7,12H,6H2,1-2H3,(H,16,22)(H,17,21)(H,19,20). The molecule has 3 N–H and O–H groups in total. The van der Waals surface area contributed by atoms with E-state index in [1.54, 1.807) is 13.8 Å². The summed E-state index contributed by atoms with van der Waals surface area (Å²) in [5.41, 5.74) is -0.296. The normalized spacial score (nSPS) is 11.7. The first-order valence-corrected chi connectivity index (χ1v) is 7.25. The van der Waals surface area contributed by atoms with E-state index in [-0.39, 0.29) is 22.2 Å². The van der Waals surface area contributed by atoms with Crippen LogP contribution in [0.15, 0.2) is 18.2 Å². The van der Waals surface area contributed by atoms with Crippen LogP contribution in [0, 0.1) is 16.0 Å². The summed E-state index contributed by atoms with van der Waals surface area (Å²) in [5.74, 6) is -2.88. The van der Waals surface area contributed by atoms with Crippen molar-refractivity contribution in [1.82, 2.24) is 10.6 Å². The number of hydrogen-bond acceptors (Lipinski definition) is 5. The van der Waals surface area contributed by atoms with Crippen molar-refractivity contribution in [2.75, 3.05) is 6.54 Å². The second-order valence-electron chi connectivity index (χ2n) is 5.23. The van der Waals surface area contributed by atoms with E-state index < -0.39 is 35.3 Å². The number of aliphatic carboxylic acids is 1. The minimum Gasteiger partial charge on any atom is -0.480 e. The van der Waals surface area contributed by atoms with Crippen molar-refractivity contribution in [3.63, 3.8) is 0 Å². The Kier molecular flexibility index (Phi) is 6.66. The minimum absolute atomic E-state index is 0.0287. The third kappa shape index (κ3) is 5.20. The molecule has 0 bridgehead atoms. The summed E-state index contributed by atoms with van der Waals surface area (Å²) < 4.78 is 0. The van der Waals surface area contributed by atoms with Gasteiger partial charge in [0.15, 0.2) is 0 Å². The predicted molar refractivity (Wildman–Crippen MR) is 84.8 cm³/mol. The number of carbonyl (C=O) groups is 3. The van der Waals surface area contributed by atoms with E-state index in [2.05, 4.69) is 10.6 Å². The third-order valence-electron chi connectivity index (χ3n) is 3.06. The molecule has 24 heavy (non-hydrogen) atoms. The van der Waals surface area contributed by atoms with Crippen LogP contribution < -0.4 is 10.6 Å². The number of halogens is 1. The molecule has 0 saturated heterocycles. The average molecular weight is 358 g/mol. The van der Waals surface area contributed by atoms with Crippen LogP contribution in [0.1, 0.15) is 24.2 Å². The molecule has 9 nitrogen and oxygen atoms in total. The van der Waals surface area contributed by atoms with Crippen LogP contribution >= 0.6 is 11.6 Å². The van der Waals surface area contributed by atoms with E-state index in [1.807, 2.05) is 0 Å². The Morgan fingerprint density at radius 1 is 1.33 bits per heavy atom. The van der Waals surface area contributed by atoms with Crippen molar-refractivity contribution in [3.05, 3.63) is 38.9 Å². The van der Waals surface area contributed by atoms with Gasteiger partial charge in [0.05, 0.1) is 15.5 Å². The van der Waals surface area contributed by atoms with Crippen LogP contribution in [0.5, 0.6) is 0 Å². The van der Waals surface area contributed by atoms with Crippen LogP contribution in [-0.2, 0) is 9.59 Å². The fourth-order valence-corrected chi connectivity index (χ4v) is 2.09. The summed E-state index contributed by atoms with van der Waals surface area (Å²) in [7, 11) is 0. The van der Waals surface area contributed by atoms with E-state index in [0.717, 1.165) is 12.1 Å². The number of rotatable bonds is 7. The lowest BCUT2D eigenvalue weighted by atomic mass is 10.0. The van der Waals surface area contributed by atoms with E-state index in [0.29, 0.717) is 0 Å². The molecule has 0 aliphatic rings. The molecule has 0 heterocycles. The van der Waals surface area contributed by atoms with Crippen LogP contribution in [0.3, 0.4) is 0 Å². The highest BCUT2D eigenvalue weighted by Gasteiger charge is 2.26. The van der Waals surface area contributed by atoms with Crippen LogP contribution in [0.25, 0.3) is 0 Å². The molecule has 1 aromatic rings. The van der Waals surface area contributed by atoms with Gasteiger partial charge in [-0.1, -0.05) is 25.4 Å². The van der Waals surface area contributed by atoms with Gasteiger partial charge in [0.1, 0.15) is 12.6 Å². The SMILES string of the molecule is CC(C)C(NC(=O)c1ccc([N+](=O)[O-])cc1Cl)C(=O)NCC(=O)O. The smallest absolute Gasteiger partial charge is 0.322 e. The summed E-state index contributed by atoms with van der Waals surface area (Å²) in [4.78, 5) is 44.7. The maximum absolute atomic E-state index is 12.2. The molecule has 0 radical (unpaired) electrons. The maximum Gasteiger partial charge on any atom is 0.322 e. The Morgan fingerprint density at radius 2 is 1.96 bits per heavy atom. The first-order chi connectivity index (χ1) is 11.1. The number of non-ortho nitro benzene ring substituents is 1. The second-order valence-corrected chi connectivity index (χ2v) is 5.64. The summed E-state index contributed by atoms with van der Waals surface area (Å²) in [6.07, 6.45) is 0. The van der Waals surface area contributed by atoms with Gasteiger partial charge in [0, 0.05) is 12.1 Å². The first-order valence-electron chi connectivity index (χ1n) is 6.87. The van der Waals surface area contributed by atoms with Crippen LogP contribution in [0.2, 0.25) is 5.02 Å². The van der Waals surface area contributed by atoms with Crippen molar-refractivity contribution in [3.8, 4) is 0 Å². The Bertz CT molecular complexity index is 676. The number of nitrogens with one attached hydrogen (secondary N) is 2. The number of carboxylic acids is 1. The minimum atomic E-state index is -1.21. The van der Waals surface area contributed by atoms with E-state index in [9.17, 15) is 24.5 Å². The molecular weight excluding hydrogens is 342 g/mol. The Hall–Kier alpha value is -2.68. The van der Waals surface area contributed by atoms with E-state index in [1.165, 1.54) is 6.07 Å². The third-order valence-corrected chi connectivity index (χ3v) is 3.37. The number of carbonyl (C=O) groups excluding carboxylic acids is 2. The number of carboxylic acid groups (broad SMARTS) is 1. The van der Waals surface area contributed by atoms with Crippen molar-refractivity contribution in [1.29, 1.82) is 0 Å². The first kappa shape index (κ1) is 19.4. The van der Waals surface area contributed by atoms with Gasteiger partial charge in [-0.3, -0.25) is 24.5 Å². The average Bonchev–Trinajstić information content (AvgIpc) is 2.49. The topological polar surface area (TPSA) is 139 Å². The van der Waals surface area contributed by atoms with Gasteiger partial charge in [-0.25, -0.2) is 0 Å². The largest absolute Gasteiger partial charge is 0.480 e. The number of nitro benzene ring substituents is 1. The van der Waals surface area contributed by atoms with Crippen LogP contribution in [-0.4, -0.2) is 40.4 Å². The number of benzene rings is 1. The molecule has 1 rings (SSSR count). The van der Waals surface area contributed by atoms with Gasteiger partial charge in [-0.05, 0) is 12.0 Å². The molecule has 0 spiro atoms. The zero-order valence-corrected chi connectivity index (χ0v) is 13.7. The molecule has 0 aromatic heterocycles. The highest BCUT2D eigenvalue weighted by Crippen LogP contribution is 2.22. The molecule has 10 heteroatoms. The fraction of sp³-hybridized carbons (Fsp3) is 0.357. The molecule has 1 atom stereocenters. The van der Waals surface area contributed by atoms with E-state index >= 15 is 0 Å². The summed E-state index contributed by atoms with van der Waals surface area (Å²) in [6.45, 7) is 2.77. The lowest BCUT2D eigenvalue weighted by molar-refractivity contribution is -0.384. The van der Waals surface area contributed by atoms with Crippen LogP contribution in [0.4, 0.5) is 5.69 Å². The molecule has 0 saturated carbocycles. The van der Waals surface area contributed by atoms with Gasteiger partial charge < -0.3 is 15.7 Å². The molecule has 130 valence electrons. The van der Waals surface area contributed by atoms with Crippen molar-refractivity contribution in [2.24, 2.45) is 5.92 Å². The molecule has 0 fully saturated rings. The molecule has 2 amide bonds. The summed E-state index contributed by atoms with van der Waals surface area (Å²) >= 11 is 5.87. The van der Waals surface area contributed by atoms with Gasteiger partial charge in [0.25, 0.3) is 11.6 Å². The van der Waals surface area contributed by atoms with Crippen molar-refractivity contribution >= 4 is 35.1 Å². The van der Waals surface area contributed by atoms with E-state index in [4.69, 9.17) is 16.7 Å². The quantitative estimate of drug-likeness (QED) is 0.495. The predicted octanol–water partition coefficient (Wildman–Crippen LogP) is 1.20. The zero-order valence-electron chi connectivity index (χ0n) is 12.9. The Balaban J connectivity index is 2.91. The van der Waals surface area contributed by atoms with Gasteiger partial charge in [-0.2, -0.15) is 0 Å². The monoisotopic (exact) mass is 357 g/mol. The zero-order chi connectivity index (χ0) is 18.4. The van der Waals surface area contributed by atoms with Gasteiger partial charge in [-0.15, -0.1) is 0 Å². The van der Waals surface area contributed by atoms with Gasteiger partial charge >= 0.3 is 5.97 Å². The second kappa shape index (κ2) is 8.25. The lowest BCUT2D eigenvalue weighted by Gasteiger charge is -2.21. The fourth-order valence-electron chi connectivity index (χ4n) is 1.83. The molecule has 0 aliphatic heterocycles. The summed E-state index contributed by atoms with van der Waals surface area (Å²) in [5, 5.41) is 23.7. The van der Waals surface area contributed by atoms with Gasteiger partial charge in [0.2, 0.25) is 5.91 Å². The number of nitro groups is 1. The highest BCUT2D eigenvalue weighted by atomic mass is 35.5.